The van der Waals surface area contributed by atoms with Crippen molar-refractivity contribution in [2.24, 2.45) is 0 Å². The molecule has 0 aromatic heterocycles. The first kappa shape index (κ1) is 17.0. The Morgan fingerprint density at radius 3 is 2.12 bits per heavy atom. The average Bonchev–Trinajstić information content (AvgIpc) is 3.23. The summed E-state index contributed by atoms with van der Waals surface area (Å²) in [5, 5.41) is 0. The summed E-state index contributed by atoms with van der Waals surface area (Å²) in [6, 6.07) is 6.77. The lowest BCUT2D eigenvalue weighted by molar-refractivity contribution is 0.598. The zero-order valence-corrected chi connectivity index (χ0v) is 16.2. The number of hydrogen-bond donors (Lipinski definition) is 1. The molecule has 0 fully saturated rings. The number of aryl methyl sites for hydroxylation is 1. The third-order valence-electron chi connectivity index (χ3n) is 5.58. The van der Waals surface area contributed by atoms with Gasteiger partial charge in [0.25, 0.3) is 0 Å². The summed E-state index contributed by atoms with van der Waals surface area (Å²) in [6.07, 6.45) is 5.97. The Morgan fingerprint density at radius 2 is 1.52 bits per heavy atom. The van der Waals surface area contributed by atoms with Crippen molar-refractivity contribution in [2.45, 2.75) is 70.1 Å². The van der Waals surface area contributed by atoms with Gasteiger partial charge in [-0.05, 0) is 109 Å². The second kappa shape index (κ2) is 6.68. The first-order chi connectivity index (χ1) is 12.0. The largest absolute Gasteiger partial charge is 0.325 e. The molecule has 0 radical (unpaired) electrons. The first-order valence-electron chi connectivity index (χ1n) is 9.44. The molecule has 0 bridgehead atoms. The summed E-state index contributed by atoms with van der Waals surface area (Å²) < 4.78 is 18.4. The quantitative estimate of drug-likeness (QED) is 0.641. The first-order valence-corrected chi connectivity index (χ1v) is 10.3. The van der Waals surface area contributed by atoms with E-state index in [1.165, 1.54) is 32.8 Å². The van der Waals surface area contributed by atoms with E-state index < -0.39 is 0 Å². The summed E-state index contributed by atoms with van der Waals surface area (Å²) in [6.45, 7) is 6.62. The van der Waals surface area contributed by atoms with Crippen LogP contribution >= 0.6 is 11.9 Å². The molecule has 0 spiro atoms. The van der Waals surface area contributed by atoms with E-state index in [9.17, 15) is 4.39 Å². The maximum Gasteiger partial charge on any atom is 0.130 e. The second-order valence-corrected chi connectivity index (χ2v) is 8.63. The minimum absolute atomic E-state index is 0.105. The summed E-state index contributed by atoms with van der Waals surface area (Å²) in [5.74, 6) is 0.631. The fourth-order valence-corrected chi connectivity index (χ4v) is 5.20. The molecule has 0 heterocycles. The Kier molecular flexibility index (Phi) is 4.53. The van der Waals surface area contributed by atoms with E-state index in [0.717, 1.165) is 49.7 Å². The third kappa shape index (κ3) is 3.08. The van der Waals surface area contributed by atoms with E-state index >= 15 is 0 Å². The van der Waals surface area contributed by atoms with Crippen molar-refractivity contribution in [3.05, 3.63) is 57.4 Å². The molecule has 2 aromatic rings. The van der Waals surface area contributed by atoms with Crippen molar-refractivity contribution in [1.82, 2.24) is 0 Å². The van der Waals surface area contributed by atoms with Gasteiger partial charge in [0.1, 0.15) is 5.82 Å². The summed E-state index contributed by atoms with van der Waals surface area (Å²) in [5.41, 5.74) is 8.33. The molecule has 3 heteroatoms. The Hall–Kier alpha value is -1.48. The van der Waals surface area contributed by atoms with Gasteiger partial charge in [0.15, 0.2) is 0 Å². The number of nitrogens with one attached hydrogen (secondary N) is 1. The van der Waals surface area contributed by atoms with E-state index in [1.54, 1.807) is 11.9 Å². The van der Waals surface area contributed by atoms with E-state index in [-0.39, 0.29) is 5.82 Å². The standard InChI is InChI=1S/C22H26FNS/c1-13(2)15-10-14(3)11-16(12-15)25-24-22-19-8-4-6-17(19)21(23)18-7-5-9-20(18)22/h10-13,24H,4-9H2,1-3H3. The molecule has 2 aliphatic carbocycles. The smallest absolute Gasteiger partial charge is 0.130 e. The molecular weight excluding hydrogens is 329 g/mol. The van der Waals surface area contributed by atoms with Crippen LogP contribution in [0.5, 0.6) is 0 Å². The Labute approximate surface area is 154 Å². The van der Waals surface area contributed by atoms with Crippen LogP contribution < -0.4 is 4.72 Å². The van der Waals surface area contributed by atoms with Crippen LogP contribution in [0.15, 0.2) is 23.1 Å². The topological polar surface area (TPSA) is 12.0 Å². The van der Waals surface area contributed by atoms with Crippen molar-refractivity contribution in [3.63, 3.8) is 0 Å². The molecule has 0 saturated carbocycles. The van der Waals surface area contributed by atoms with Crippen LogP contribution in [-0.2, 0) is 25.7 Å². The molecule has 0 unspecified atom stereocenters. The van der Waals surface area contributed by atoms with Crippen LogP contribution in [0.4, 0.5) is 10.1 Å². The van der Waals surface area contributed by atoms with Gasteiger partial charge >= 0.3 is 0 Å². The number of halogens is 1. The van der Waals surface area contributed by atoms with Crippen LogP contribution in [0.2, 0.25) is 0 Å². The molecule has 4 rings (SSSR count). The number of anilines is 1. The third-order valence-corrected chi connectivity index (χ3v) is 6.36. The van der Waals surface area contributed by atoms with Crippen molar-refractivity contribution in [3.8, 4) is 0 Å². The molecule has 25 heavy (non-hydrogen) atoms. The second-order valence-electron chi connectivity index (χ2n) is 7.75. The van der Waals surface area contributed by atoms with E-state index in [4.69, 9.17) is 0 Å². The molecule has 0 saturated heterocycles. The number of benzene rings is 2. The highest BCUT2D eigenvalue weighted by Crippen LogP contribution is 2.42. The number of rotatable bonds is 4. The van der Waals surface area contributed by atoms with E-state index in [1.807, 2.05) is 0 Å². The van der Waals surface area contributed by atoms with E-state index in [2.05, 4.69) is 43.7 Å². The van der Waals surface area contributed by atoms with Crippen molar-refractivity contribution < 1.29 is 4.39 Å². The van der Waals surface area contributed by atoms with Crippen molar-refractivity contribution >= 4 is 17.6 Å². The number of fused-ring (bicyclic) bond motifs is 2. The predicted octanol–water partition coefficient (Wildman–Crippen LogP) is 6.35. The van der Waals surface area contributed by atoms with Crippen LogP contribution in [0.1, 0.15) is 66.0 Å². The normalized spacial score (nSPS) is 15.6. The molecule has 1 nitrogen and oxygen atoms in total. The van der Waals surface area contributed by atoms with Gasteiger partial charge in [-0.3, -0.25) is 0 Å². The fourth-order valence-electron chi connectivity index (χ4n) is 4.29. The van der Waals surface area contributed by atoms with Crippen LogP contribution in [-0.4, -0.2) is 0 Å². The zero-order chi connectivity index (χ0) is 17.6. The van der Waals surface area contributed by atoms with Gasteiger partial charge in [-0.25, -0.2) is 4.39 Å². The molecule has 1 N–H and O–H groups in total. The minimum Gasteiger partial charge on any atom is -0.325 e. The highest BCUT2D eigenvalue weighted by molar-refractivity contribution is 8.00. The Bertz CT molecular complexity index is 790. The van der Waals surface area contributed by atoms with Gasteiger partial charge in [-0.1, -0.05) is 19.9 Å². The van der Waals surface area contributed by atoms with Gasteiger partial charge in [0.05, 0.1) is 5.69 Å². The number of hydrogen-bond acceptors (Lipinski definition) is 2. The monoisotopic (exact) mass is 355 g/mol. The average molecular weight is 356 g/mol. The lowest BCUT2D eigenvalue weighted by atomic mass is 9.98. The maximum absolute atomic E-state index is 14.8. The lowest BCUT2D eigenvalue weighted by Gasteiger charge is -2.18. The predicted molar refractivity (Wildman–Crippen MR) is 105 cm³/mol. The van der Waals surface area contributed by atoms with Gasteiger partial charge in [-0.2, -0.15) is 0 Å². The maximum atomic E-state index is 14.8. The minimum atomic E-state index is 0.105. The molecule has 0 atom stereocenters. The van der Waals surface area contributed by atoms with Gasteiger partial charge in [0.2, 0.25) is 0 Å². The molecule has 2 aromatic carbocycles. The Morgan fingerprint density at radius 1 is 0.920 bits per heavy atom. The molecule has 0 amide bonds. The SMILES string of the molecule is Cc1cc(SNc2c3c(c(F)c4c2CCC4)CCC3)cc(C(C)C)c1. The molecule has 2 aliphatic rings. The summed E-state index contributed by atoms with van der Waals surface area (Å²) in [7, 11) is 0. The molecular formula is C22H26FNS. The van der Waals surface area contributed by atoms with Gasteiger partial charge < -0.3 is 4.72 Å². The summed E-state index contributed by atoms with van der Waals surface area (Å²) in [4.78, 5) is 1.24. The zero-order valence-electron chi connectivity index (χ0n) is 15.3. The van der Waals surface area contributed by atoms with Crippen LogP contribution in [0.25, 0.3) is 0 Å². The Balaban J connectivity index is 1.67. The van der Waals surface area contributed by atoms with Crippen molar-refractivity contribution in [1.29, 1.82) is 0 Å². The van der Waals surface area contributed by atoms with Crippen molar-refractivity contribution in [2.75, 3.05) is 4.72 Å². The van der Waals surface area contributed by atoms with E-state index in [0.29, 0.717) is 5.92 Å². The van der Waals surface area contributed by atoms with Crippen LogP contribution in [0.3, 0.4) is 0 Å². The summed E-state index contributed by atoms with van der Waals surface area (Å²) >= 11 is 1.68. The van der Waals surface area contributed by atoms with Gasteiger partial charge in [0, 0.05) is 4.90 Å². The lowest BCUT2D eigenvalue weighted by Crippen LogP contribution is -2.04. The highest BCUT2D eigenvalue weighted by atomic mass is 32.2. The fraction of sp³-hybridized carbons (Fsp3) is 0.455. The molecule has 0 aliphatic heterocycles. The highest BCUT2D eigenvalue weighted by Gasteiger charge is 2.29. The molecule has 132 valence electrons. The van der Waals surface area contributed by atoms with Crippen LogP contribution in [0, 0.1) is 12.7 Å². The van der Waals surface area contributed by atoms with Gasteiger partial charge in [-0.15, -0.1) is 0 Å².